The SMILES string of the molecule is COc1cccc2c1N(c1ccnc(Nc3cccnn3)n1)CCC2=O. The molecule has 3 heterocycles. The Hall–Kier alpha value is -3.55. The number of para-hydroxylation sites is 1. The molecule has 1 aliphatic heterocycles. The summed E-state index contributed by atoms with van der Waals surface area (Å²) < 4.78 is 5.47. The van der Waals surface area contributed by atoms with Crippen molar-refractivity contribution in [1.82, 2.24) is 20.2 Å². The van der Waals surface area contributed by atoms with Crippen molar-refractivity contribution in [3.8, 4) is 5.75 Å². The molecule has 1 N–H and O–H groups in total. The minimum atomic E-state index is 0.0992. The van der Waals surface area contributed by atoms with Crippen LogP contribution in [0.5, 0.6) is 5.75 Å². The average molecular weight is 348 g/mol. The molecule has 0 spiro atoms. The number of benzene rings is 1. The Kier molecular flexibility index (Phi) is 4.14. The van der Waals surface area contributed by atoms with Crippen LogP contribution in [0.4, 0.5) is 23.3 Å². The molecule has 130 valence electrons. The van der Waals surface area contributed by atoms with Gasteiger partial charge in [-0.15, -0.1) is 5.10 Å². The first-order chi connectivity index (χ1) is 12.8. The topological polar surface area (TPSA) is 93.1 Å². The van der Waals surface area contributed by atoms with Crippen molar-refractivity contribution in [1.29, 1.82) is 0 Å². The zero-order chi connectivity index (χ0) is 17.9. The number of ketones is 1. The van der Waals surface area contributed by atoms with Gasteiger partial charge < -0.3 is 15.0 Å². The molecule has 0 radical (unpaired) electrons. The monoisotopic (exact) mass is 348 g/mol. The Bertz CT molecular complexity index is 947. The highest BCUT2D eigenvalue weighted by Gasteiger charge is 2.28. The maximum Gasteiger partial charge on any atom is 0.230 e. The van der Waals surface area contributed by atoms with E-state index in [-0.39, 0.29) is 5.78 Å². The summed E-state index contributed by atoms with van der Waals surface area (Å²) >= 11 is 0. The molecular formula is C18H16N6O2. The van der Waals surface area contributed by atoms with Gasteiger partial charge in [-0.05, 0) is 30.3 Å². The van der Waals surface area contributed by atoms with E-state index in [1.54, 1.807) is 37.7 Å². The zero-order valence-electron chi connectivity index (χ0n) is 14.1. The molecule has 8 nitrogen and oxygen atoms in total. The Balaban J connectivity index is 1.72. The summed E-state index contributed by atoms with van der Waals surface area (Å²) in [7, 11) is 1.59. The summed E-state index contributed by atoms with van der Waals surface area (Å²) in [6.07, 6.45) is 3.67. The van der Waals surface area contributed by atoms with Crippen LogP contribution in [-0.2, 0) is 0 Å². The zero-order valence-corrected chi connectivity index (χ0v) is 14.1. The number of aromatic nitrogens is 4. The number of Topliss-reactive ketones (excluding diaryl/α,β-unsaturated/α-hetero) is 1. The summed E-state index contributed by atoms with van der Waals surface area (Å²) in [5.41, 5.74) is 1.37. The number of hydrogen-bond donors (Lipinski definition) is 1. The second kappa shape index (κ2) is 6.75. The number of ether oxygens (including phenoxy) is 1. The van der Waals surface area contributed by atoms with Gasteiger partial charge in [0, 0.05) is 30.9 Å². The number of methoxy groups -OCH3 is 1. The largest absolute Gasteiger partial charge is 0.495 e. The fraction of sp³-hybridized carbons (Fsp3) is 0.167. The van der Waals surface area contributed by atoms with E-state index in [1.165, 1.54) is 0 Å². The lowest BCUT2D eigenvalue weighted by Crippen LogP contribution is -2.29. The van der Waals surface area contributed by atoms with Crippen molar-refractivity contribution in [3.05, 3.63) is 54.4 Å². The highest BCUT2D eigenvalue weighted by Crippen LogP contribution is 2.39. The minimum absolute atomic E-state index is 0.0992. The van der Waals surface area contributed by atoms with Crippen LogP contribution in [0.25, 0.3) is 0 Å². The number of carbonyl (C=O) groups excluding carboxylic acids is 1. The molecule has 0 saturated heterocycles. The van der Waals surface area contributed by atoms with Crippen molar-refractivity contribution < 1.29 is 9.53 Å². The first kappa shape index (κ1) is 15.9. The van der Waals surface area contributed by atoms with Gasteiger partial charge in [-0.3, -0.25) is 4.79 Å². The molecule has 8 heteroatoms. The molecule has 1 aliphatic rings. The second-order valence-electron chi connectivity index (χ2n) is 5.65. The fourth-order valence-electron chi connectivity index (χ4n) is 2.92. The van der Waals surface area contributed by atoms with Crippen molar-refractivity contribution >= 4 is 29.1 Å². The number of fused-ring (bicyclic) bond motifs is 1. The van der Waals surface area contributed by atoms with Crippen molar-refractivity contribution in [2.75, 3.05) is 23.9 Å². The van der Waals surface area contributed by atoms with E-state index in [9.17, 15) is 4.79 Å². The summed E-state index contributed by atoms with van der Waals surface area (Å²) in [6.45, 7) is 0.522. The van der Waals surface area contributed by atoms with Crippen LogP contribution in [-0.4, -0.2) is 39.6 Å². The fourth-order valence-corrected chi connectivity index (χ4v) is 2.92. The normalized spacial score (nSPS) is 13.3. The van der Waals surface area contributed by atoms with Crippen LogP contribution in [0.1, 0.15) is 16.8 Å². The van der Waals surface area contributed by atoms with Crippen LogP contribution in [0.15, 0.2) is 48.8 Å². The Morgan fingerprint density at radius 3 is 2.88 bits per heavy atom. The maximum absolute atomic E-state index is 12.3. The van der Waals surface area contributed by atoms with E-state index in [0.29, 0.717) is 41.9 Å². The van der Waals surface area contributed by atoms with Crippen LogP contribution in [0.3, 0.4) is 0 Å². The van der Waals surface area contributed by atoms with E-state index in [1.807, 2.05) is 23.1 Å². The average Bonchev–Trinajstić information content (AvgIpc) is 2.69. The summed E-state index contributed by atoms with van der Waals surface area (Å²) in [5, 5.41) is 10.8. The summed E-state index contributed by atoms with van der Waals surface area (Å²) in [5.74, 6) is 2.36. The van der Waals surface area contributed by atoms with Crippen molar-refractivity contribution in [3.63, 3.8) is 0 Å². The molecule has 0 fully saturated rings. The number of hydrogen-bond acceptors (Lipinski definition) is 8. The van der Waals surface area contributed by atoms with E-state index < -0.39 is 0 Å². The van der Waals surface area contributed by atoms with Crippen LogP contribution in [0.2, 0.25) is 0 Å². The third-order valence-electron chi connectivity index (χ3n) is 4.08. The molecule has 0 saturated carbocycles. The van der Waals surface area contributed by atoms with Crippen molar-refractivity contribution in [2.24, 2.45) is 0 Å². The number of carbonyl (C=O) groups is 1. The lowest BCUT2D eigenvalue weighted by Gasteiger charge is -2.31. The Morgan fingerprint density at radius 1 is 1.15 bits per heavy atom. The number of nitrogens with zero attached hydrogens (tertiary/aromatic N) is 5. The molecule has 0 unspecified atom stereocenters. The molecule has 0 bridgehead atoms. The van der Waals surface area contributed by atoms with Crippen LogP contribution >= 0.6 is 0 Å². The molecule has 0 atom stereocenters. The van der Waals surface area contributed by atoms with Crippen LogP contribution in [0, 0.1) is 0 Å². The lowest BCUT2D eigenvalue weighted by molar-refractivity contribution is 0.0980. The highest BCUT2D eigenvalue weighted by molar-refractivity contribution is 6.05. The predicted molar refractivity (Wildman–Crippen MR) is 96.3 cm³/mol. The standard InChI is InChI=1S/C18H16N6O2/c1-26-14-5-2-4-12-13(25)8-11-24(17(12)14)16-7-10-19-18(22-16)21-15-6-3-9-20-23-15/h2-7,9-10H,8,11H2,1H3,(H,19,21,22,23). The summed E-state index contributed by atoms with van der Waals surface area (Å²) in [4.78, 5) is 23.1. The Labute approximate surface area is 149 Å². The molecule has 0 aliphatic carbocycles. The van der Waals surface area contributed by atoms with E-state index in [0.717, 1.165) is 5.69 Å². The maximum atomic E-state index is 12.3. The van der Waals surface area contributed by atoms with E-state index in [4.69, 9.17) is 4.74 Å². The van der Waals surface area contributed by atoms with Gasteiger partial charge in [0.15, 0.2) is 11.6 Å². The highest BCUT2D eigenvalue weighted by atomic mass is 16.5. The Morgan fingerprint density at radius 2 is 2.08 bits per heavy atom. The third kappa shape index (κ3) is 2.92. The molecule has 2 aromatic heterocycles. The first-order valence-corrected chi connectivity index (χ1v) is 8.12. The van der Waals surface area contributed by atoms with Gasteiger partial charge in [-0.2, -0.15) is 10.1 Å². The predicted octanol–water partition coefficient (Wildman–Crippen LogP) is 2.74. The molecule has 3 aromatic rings. The van der Waals surface area contributed by atoms with Gasteiger partial charge in [-0.25, -0.2) is 4.98 Å². The quantitative estimate of drug-likeness (QED) is 0.769. The van der Waals surface area contributed by atoms with E-state index >= 15 is 0 Å². The molecule has 1 aromatic carbocycles. The number of anilines is 4. The lowest BCUT2D eigenvalue weighted by atomic mass is 9.99. The van der Waals surface area contributed by atoms with Crippen LogP contribution < -0.4 is 15.0 Å². The minimum Gasteiger partial charge on any atom is -0.495 e. The first-order valence-electron chi connectivity index (χ1n) is 8.12. The van der Waals surface area contributed by atoms with E-state index in [2.05, 4.69) is 25.5 Å². The number of rotatable bonds is 4. The van der Waals surface area contributed by atoms with Gasteiger partial charge >= 0.3 is 0 Å². The van der Waals surface area contributed by atoms with Gasteiger partial charge in [0.25, 0.3) is 0 Å². The number of nitrogens with one attached hydrogen (secondary N) is 1. The molecule has 0 amide bonds. The van der Waals surface area contributed by atoms with Gasteiger partial charge in [-0.1, -0.05) is 6.07 Å². The van der Waals surface area contributed by atoms with Gasteiger partial charge in [0.05, 0.1) is 12.8 Å². The molecule has 26 heavy (non-hydrogen) atoms. The second-order valence-corrected chi connectivity index (χ2v) is 5.65. The molecular weight excluding hydrogens is 332 g/mol. The van der Waals surface area contributed by atoms with Gasteiger partial charge in [0.2, 0.25) is 5.95 Å². The van der Waals surface area contributed by atoms with Gasteiger partial charge in [0.1, 0.15) is 11.6 Å². The summed E-state index contributed by atoms with van der Waals surface area (Å²) in [6, 6.07) is 10.8. The van der Waals surface area contributed by atoms with Crippen molar-refractivity contribution in [2.45, 2.75) is 6.42 Å². The third-order valence-corrected chi connectivity index (χ3v) is 4.08. The smallest absolute Gasteiger partial charge is 0.230 e. The molecule has 4 rings (SSSR count).